The standard InChI is InChI=1S/C34H37BF10P/c1-32(2,3)16-14-17(33(4,5)6)31(18(15-16)34(7,8)9)46-12-10-35(11-13-46,19-21(36)25(40)29(44)26(41)22(19)37)20-23(38)27(42)30(45)28(43)24(20)39/h14-15H,10-13H2,1-9H3/q-1. The molecule has 3 aromatic rings. The molecule has 0 unspecified atom stereocenters. The summed E-state index contributed by atoms with van der Waals surface area (Å²) < 4.78 is 148. The van der Waals surface area contributed by atoms with Gasteiger partial charge < -0.3 is 0 Å². The molecule has 0 N–H and O–H groups in total. The Morgan fingerprint density at radius 2 is 0.739 bits per heavy atom. The fourth-order valence-corrected chi connectivity index (χ4v) is 10.4. The van der Waals surface area contributed by atoms with Gasteiger partial charge in [0.15, 0.2) is 34.9 Å². The first-order valence-electron chi connectivity index (χ1n) is 15.0. The topological polar surface area (TPSA) is 0 Å². The van der Waals surface area contributed by atoms with Gasteiger partial charge in [-0.15, -0.1) is 10.9 Å². The molecule has 0 saturated carbocycles. The van der Waals surface area contributed by atoms with E-state index >= 15 is 17.6 Å². The molecule has 0 spiro atoms. The Kier molecular flexibility index (Phi) is 9.35. The van der Waals surface area contributed by atoms with Crippen molar-refractivity contribution in [3.63, 3.8) is 0 Å². The van der Waals surface area contributed by atoms with Crippen molar-refractivity contribution in [1.29, 1.82) is 0 Å². The highest BCUT2D eigenvalue weighted by atomic mass is 31.1. The first-order chi connectivity index (χ1) is 20.9. The van der Waals surface area contributed by atoms with Crippen molar-refractivity contribution in [2.75, 3.05) is 12.3 Å². The molecule has 0 atom stereocenters. The van der Waals surface area contributed by atoms with E-state index < -0.39 is 107 Å². The number of hydrogen-bond acceptors (Lipinski definition) is 0. The maximum atomic E-state index is 15.5. The van der Waals surface area contributed by atoms with E-state index in [2.05, 4.69) is 32.9 Å². The van der Waals surface area contributed by atoms with Crippen LogP contribution in [0, 0.1) is 58.2 Å². The van der Waals surface area contributed by atoms with Crippen molar-refractivity contribution in [2.45, 2.75) is 91.2 Å². The highest BCUT2D eigenvalue weighted by Gasteiger charge is 2.45. The van der Waals surface area contributed by atoms with Crippen molar-refractivity contribution in [3.8, 4) is 0 Å². The van der Waals surface area contributed by atoms with Gasteiger partial charge in [-0.1, -0.05) is 94.7 Å². The summed E-state index contributed by atoms with van der Waals surface area (Å²) in [4.78, 5) is 0. The van der Waals surface area contributed by atoms with Crippen LogP contribution >= 0.6 is 7.92 Å². The first kappa shape index (κ1) is 36.3. The minimum absolute atomic E-state index is 0.0324. The minimum Gasteiger partial charge on any atom is -0.207 e. The number of benzene rings is 3. The molecule has 1 fully saturated rings. The molecule has 46 heavy (non-hydrogen) atoms. The van der Waals surface area contributed by atoms with E-state index in [0.29, 0.717) is 0 Å². The Bertz CT molecular complexity index is 1540. The van der Waals surface area contributed by atoms with E-state index in [9.17, 15) is 26.3 Å². The lowest BCUT2D eigenvalue weighted by atomic mass is 9.15. The lowest BCUT2D eigenvalue weighted by molar-refractivity contribution is 0.381. The summed E-state index contributed by atoms with van der Waals surface area (Å²) in [7, 11) is -1.30. The van der Waals surface area contributed by atoms with E-state index in [0.717, 1.165) is 22.0 Å². The molecule has 12 heteroatoms. The zero-order chi connectivity index (χ0) is 35.1. The molecule has 1 heterocycles. The number of halogens is 10. The van der Waals surface area contributed by atoms with E-state index in [1.165, 1.54) is 0 Å². The molecule has 1 aliphatic heterocycles. The van der Waals surface area contributed by atoms with Crippen LogP contribution < -0.4 is 16.2 Å². The monoisotopic (exact) mass is 677 g/mol. The van der Waals surface area contributed by atoms with Crippen molar-refractivity contribution in [2.24, 2.45) is 0 Å². The fourth-order valence-electron chi connectivity index (χ4n) is 6.72. The van der Waals surface area contributed by atoms with Crippen LogP contribution in [-0.2, 0) is 16.2 Å². The second kappa shape index (κ2) is 11.9. The van der Waals surface area contributed by atoms with Gasteiger partial charge in [0.1, 0.15) is 23.3 Å². The van der Waals surface area contributed by atoms with Gasteiger partial charge in [-0.25, -0.2) is 43.9 Å². The summed E-state index contributed by atoms with van der Waals surface area (Å²) in [5, 5.41) is 0.947. The van der Waals surface area contributed by atoms with Crippen LogP contribution in [0.25, 0.3) is 0 Å². The Hall–Kier alpha value is -2.55. The van der Waals surface area contributed by atoms with Gasteiger partial charge in [-0.3, -0.25) is 0 Å². The SMILES string of the molecule is CC(C)(C)c1cc(C(C)(C)C)c(P2CC[B-](c3c(F)c(F)c(F)c(F)c3F)(c3c(F)c(F)c(F)c(F)c3F)CC2)c(C(C)(C)C)c1. The highest BCUT2D eigenvalue weighted by Crippen LogP contribution is 2.50. The molecule has 0 aliphatic carbocycles. The third-order valence-electron chi connectivity index (χ3n) is 9.28. The van der Waals surface area contributed by atoms with E-state index in [-0.39, 0.29) is 17.7 Å². The maximum absolute atomic E-state index is 15.5. The Balaban J connectivity index is 2.04. The molecular weight excluding hydrogens is 640 g/mol. The van der Waals surface area contributed by atoms with Gasteiger partial charge in [0.05, 0.1) is 6.15 Å². The molecule has 252 valence electrons. The summed E-state index contributed by atoms with van der Waals surface area (Å²) in [6.45, 7) is 18.3. The van der Waals surface area contributed by atoms with Crippen LogP contribution in [0.4, 0.5) is 43.9 Å². The predicted molar refractivity (Wildman–Crippen MR) is 166 cm³/mol. The van der Waals surface area contributed by atoms with Crippen LogP contribution in [0.1, 0.15) is 79.0 Å². The van der Waals surface area contributed by atoms with E-state index in [1.807, 2.05) is 41.5 Å². The van der Waals surface area contributed by atoms with Gasteiger partial charge in [-0.05, 0) is 38.2 Å². The van der Waals surface area contributed by atoms with Crippen molar-refractivity contribution < 1.29 is 43.9 Å². The molecular formula is C34H37BF10P-. The summed E-state index contributed by atoms with van der Waals surface area (Å²) in [6.07, 6.45) is -4.96. The summed E-state index contributed by atoms with van der Waals surface area (Å²) in [5.74, 6) is -23.9. The van der Waals surface area contributed by atoms with E-state index in [4.69, 9.17) is 0 Å². The minimum atomic E-state index is -3.73. The van der Waals surface area contributed by atoms with Crippen LogP contribution in [0.5, 0.6) is 0 Å². The molecule has 1 aliphatic rings. The molecule has 4 rings (SSSR count). The summed E-state index contributed by atoms with van der Waals surface area (Å²) >= 11 is 0. The molecule has 0 amide bonds. The molecule has 0 nitrogen and oxygen atoms in total. The lowest BCUT2D eigenvalue weighted by Crippen LogP contribution is -2.65. The third-order valence-corrected chi connectivity index (χ3v) is 12.0. The second-order valence-electron chi connectivity index (χ2n) is 15.5. The quantitative estimate of drug-likeness (QED) is 0.0853. The second-order valence-corrected chi connectivity index (χ2v) is 17.9. The van der Waals surface area contributed by atoms with Gasteiger partial charge in [0.25, 0.3) is 0 Å². The zero-order valence-corrected chi connectivity index (χ0v) is 28.2. The Labute approximate surface area is 264 Å². The van der Waals surface area contributed by atoms with Crippen molar-refractivity contribution in [3.05, 3.63) is 87.0 Å². The van der Waals surface area contributed by atoms with Crippen LogP contribution in [0.3, 0.4) is 0 Å². The number of rotatable bonds is 3. The van der Waals surface area contributed by atoms with Gasteiger partial charge in [-0.2, -0.15) is 12.6 Å². The van der Waals surface area contributed by atoms with Gasteiger partial charge >= 0.3 is 0 Å². The zero-order valence-electron chi connectivity index (χ0n) is 27.3. The molecule has 1 saturated heterocycles. The van der Waals surface area contributed by atoms with Crippen LogP contribution in [-0.4, -0.2) is 18.5 Å². The molecule has 0 bridgehead atoms. The highest BCUT2D eigenvalue weighted by molar-refractivity contribution is 7.66. The van der Waals surface area contributed by atoms with Crippen LogP contribution in [0.15, 0.2) is 12.1 Å². The largest absolute Gasteiger partial charge is 0.207 e. The van der Waals surface area contributed by atoms with Crippen molar-refractivity contribution >= 4 is 30.3 Å². The fraction of sp³-hybridized carbons (Fsp3) is 0.471. The van der Waals surface area contributed by atoms with Crippen LogP contribution in [0.2, 0.25) is 12.6 Å². The predicted octanol–water partition coefficient (Wildman–Crippen LogP) is 9.35. The van der Waals surface area contributed by atoms with Gasteiger partial charge in [0.2, 0.25) is 0 Å². The molecule has 3 aromatic carbocycles. The van der Waals surface area contributed by atoms with Gasteiger partial charge in [0, 0.05) is 0 Å². The maximum Gasteiger partial charge on any atom is 0.200 e. The average Bonchev–Trinajstić information content (AvgIpc) is 2.95. The average molecular weight is 677 g/mol. The van der Waals surface area contributed by atoms with E-state index in [1.54, 1.807) is 0 Å². The number of hydrogen-bond donors (Lipinski definition) is 0. The molecule has 0 radical (unpaired) electrons. The Morgan fingerprint density at radius 1 is 0.457 bits per heavy atom. The molecule has 0 aromatic heterocycles. The van der Waals surface area contributed by atoms with Crippen molar-refractivity contribution in [1.82, 2.24) is 0 Å². The Morgan fingerprint density at radius 3 is 1.00 bits per heavy atom. The smallest absolute Gasteiger partial charge is 0.200 e. The third kappa shape index (κ3) is 5.88. The lowest BCUT2D eigenvalue weighted by Gasteiger charge is -2.49. The normalized spacial score (nSPS) is 16.3. The summed E-state index contributed by atoms with van der Waals surface area (Å²) in [6, 6.07) is 4.18. The summed E-state index contributed by atoms with van der Waals surface area (Å²) in [5.41, 5.74) is -1.17. The first-order valence-corrected chi connectivity index (χ1v) is 16.8.